The number of carbonyl (C=O) groups excluding carboxylic acids is 2. The number of hydrogen-bond donors (Lipinski definition) is 1. The van der Waals surface area contributed by atoms with Gasteiger partial charge in [0.15, 0.2) is 0 Å². The minimum Gasteiger partial charge on any atom is -0.433 e. The Bertz CT molecular complexity index is 1300. The van der Waals surface area contributed by atoms with Crippen LogP contribution in [-0.2, 0) is 25.6 Å². The third-order valence-electron chi connectivity index (χ3n) is 5.14. The maximum absolute atomic E-state index is 12.6. The maximum atomic E-state index is 12.6. The number of nitrogens with one attached hydrogen (secondary N) is 1. The summed E-state index contributed by atoms with van der Waals surface area (Å²) in [6.45, 7) is 2.95. The third-order valence-corrected chi connectivity index (χ3v) is 5.40. The summed E-state index contributed by atoms with van der Waals surface area (Å²) >= 11 is 5.87. The SMILES string of the molecule is CC1=C(OC(=O)OCCC#N)C(c2cccc([N+](=O)[O-])c2)C(OC(=O)OCc2ccc(Cl)cc2)=C(C)N1. The second-order valence-electron chi connectivity index (χ2n) is 7.76. The van der Waals surface area contributed by atoms with Gasteiger partial charge in [-0.15, -0.1) is 0 Å². The average molecular weight is 528 g/mol. The molecule has 0 amide bonds. The zero-order valence-corrected chi connectivity index (χ0v) is 20.6. The third kappa shape index (κ3) is 7.22. The van der Waals surface area contributed by atoms with Crippen LogP contribution in [0, 0.1) is 21.4 Å². The summed E-state index contributed by atoms with van der Waals surface area (Å²) in [6, 6.07) is 14.1. The van der Waals surface area contributed by atoms with Crippen LogP contribution in [0.25, 0.3) is 0 Å². The second kappa shape index (κ2) is 12.4. The number of nitro benzene ring substituents is 1. The van der Waals surface area contributed by atoms with Crippen molar-refractivity contribution in [1.82, 2.24) is 5.32 Å². The van der Waals surface area contributed by atoms with Crippen LogP contribution >= 0.6 is 11.6 Å². The predicted octanol–water partition coefficient (Wildman–Crippen LogP) is 5.82. The molecule has 2 aromatic rings. The van der Waals surface area contributed by atoms with Gasteiger partial charge in [-0.2, -0.15) is 5.26 Å². The Morgan fingerprint density at radius 3 is 2.27 bits per heavy atom. The number of nitrogens with zero attached hydrogens (tertiary/aromatic N) is 2. The van der Waals surface area contributed by atoms with Crippen molar-refractivity contribution in [2.45, 2.75) is 32.8 Å². The molecule has 0 aliphatic carbocycles. The van der Waals surface area contributed by atoms with Gasteiger partial charge in [-0.25, -0.2) is 9.59 Å². The van der Waals surface area contributed by atoms with Gasteiger partial charge in [0.25, 0.3) is 5.69 Å². The number of benzene rings is 2. The molecule has 0 aromatic heterocycles. The van der Waals surface area contributed by atoms with Gasteiger partial charge in [-0.3, -0.25) is 10.1 Å². The lowest BCUT2D eigenvalue weighted by atomic mass is 9.90. The number of carbonyl (C=O) groups is 2. The molecule has 1 N–H and O–H groups in total. The molecule has 1 aliphatic heterocycles. The molecule has 1 heterocycles. The Hall–Kier alpha value is -4.56. The normalized spacial score (nSPS) is 14.8. The highest BCUT2D eigenvalue weighted by Gasteiger charge is 2.36. The number of halogens is 1. The van der Waals surface area contributed by atoms with Gasteiger partial charge in [-0.1, -0.05) is 35.9 Å². The Morgan fingerprint density at radius 1 is 1.05 bits per heavy atom. The minimum atomic E-state index is -1.09. The highest BCUT2D eigenvalue weighted by molar-refractivity contribution is 6.30. The van der Waals surface area contributed by atoms with E-state index in [1.54, 1.807) is 44.2 Å². The van der Waals surface area contributed by atoms with Gasteiger partial charge in [0, 0.05) is 17.2 Å². The fourth-order valence-corrected chi connectivity index (χ4v) is 3.62. The first-order chi connectivity index (χ1) is 17.7. The largest absolute Gasteiger partial charge is 0.513 e. The number of allylic oxidation sites excluding steroid dienone is 2. The number of nitriles is 1. The first kappa shape index (κ1) is 27.0. The van der Waals surface area contributed by atoms with Crippen molar-refractivity contribution < 1.29 is 33.5 Å². The number of dihydropyridines is 1. The molecule has 1 unspecified atom stereocenters. The highest BCUT2D eigenvalue weighted by atomic mass is 35.5. The van der Waals surface area contributed by atoms with Gasteiger partial charge < -0.3 is 24.3 Å². The van der Waals surface area contributed by atoms with Crippen LogP contribution in [0.1, 0.15) is 37.3 Å². The molecule has 0 saturated heterocycles. The fourth-order valence-electron chi connectivity index (χ4n) is 3.49. The van der Waals surface area contributed by atoms with Crippen molar-refractivity contribution in [3.05, 3.63) is 97.7 Å². The molecule has 12 heteroatoms. The van der Waals surface area contributed by atoms with Crippen molar-refractivity contribution >= 4 is 29.6 Å². The van der Waals surface area contributed by atoms with E-state index in [0.29, 0.717) is 27.5 Å². The quantitative estimate of drug-likeness (QED) is 0.192. The van der Waals surface area contributed by atoms with Crippen LogP contribution in [0.2, 0.25) is 5.02 Å². The molecule has 3 rings (SSSR count). The number of ether oxygens (including phenoxy) is 4. The number of rotatable bonds is 8. The summed E-state index contributed by atoms with van der Waals surface area (Å²) in [4.78, 5) is 35.7. The molecule has 192 valence electrons. The van der Waals surface area contributed by atoms with Crippen LogP contribution in [0.15, 0.2) is 71.4 Å². The van der Waals surface area contributed by atoms with Gasteiger partial charge in [0.2, 0.25) is 0 Å². The van der Waals surface area contributed by atoms with Gasteiger partial charge in [-0.05, 0) is 37.1 Å². The maximum Gasteiger partial charge on any atom is 0.513 e. The molecule has 0 bridgehead atoms. The number of hydrogen-bond acceptors (Lipinski definition) is 10. The molecule has 0 radical (unpaired) electrons. The van der Waals surface area contributed by atoms with E-state index in [1.807, 2.05) is 6.07 Å². The van der Waals surface area contributed by atoms with Crippen LogP contribution in [0.3, 0.4) is 0 Å². The van der Waals surface area contributed by atoms with E-state index in [1.165, 1.54) is 18.2 Å². The molecular weight excluding hydrogens is 506 g/mol. The average Bonchev–Trinajstić information content (AvgIpc) is 2.87. The molecule has 1 atom stereocenters. The van der Waals surface area contributed by atoms with E-state index in [4.69, 9.17) is 35.8 Å². The number of non-ortho nitro benzene ring substituents is 1. The second-order valence-corrected chi connectivity index (χ2v) is 8.20. The van der Waals surface area contributed by atoms with Gasteiger partial charge in [0.1, 0.15) is 30.6 Å². The summed E-state index contributed by atoms with van der Waals surface area (Å²) < 4.78 is 21.1. The molecule has 1 aliphatic rings. The predicted molar refractivity (Wildman–Crippen MR) is 130 cm³/mol. The highest BCUT2D eigenvalue weighted by Crippen LogP contribution is 2.40. The Balaban J connectivity index is 1.90. The van der Waals surface area contributed by atoms with Crippen LogP contribution in [-0.4, -0.2) is 23.8 Å². The first-order valence-electron chi connectivity index (χ1n) is 10.9. The minimum absolute atomic E-state index is 0.00597. The van der Waals surface area contributed by atoms with E-state index in [-0.39, 0.29) is 36.8 Å². The smallest absolute Gasteiger partial charge is 0.433 e. The standard InChI is InChI=1S/C25H22ClN3O8/c1-15-22(36-24(30)34-12-4-11-27)21(18-5-3-6-20(13-18)29(32)33)23(16(2)28-15)37-25(31)35-14-17-7-9-19(26)10-8-17/h3,5-10,13,21,28H,4,12,14H2,1-2H3. The van der Waals surface area contributed by atoms with Gasteiger partial charge >= 0.3 is 12.3 Å². The van der Waals surface area contributed by atoms with Crippen molar-refractivity contribution in [3.8, 4) is 6.07 Å². The molecule has 37 heavy (non-hydrogen) atoms. The van der Waals surface area contributed by atoms with Crippen LogP contribution < -0.4 is 5.32 Å². The lowest BCUT2D eigenvalue weighted by molar-refractivity contribution is -0.384. The van der Waals surface area contributed by atoms with E-state index >= 15 is 0 Å². The molecule has 0 saturated carbocycles. The van der Waals surface area contributed by atoms with E-state index in [0.717, 1.165) is 0 Å². The van der Waals surface area contributed by atoms with E-state index in [9.17, 15) is 19.7 Å². The fraction of sp³-hybridized carbons (Fsp3) is 0.240. The number of nitro groups is 1. The van der Waals surface area contributed by atoms with Crippen LogP contribution in [0.4, 0.5) is 15.3 Å². The van der Waals surface area contributed by atoms with Crippen LogP contribution in [0.5, 0.6) is 0 Å². The lowest BCUT2D eigenvalue weighted by Crippen LogP contribution is -2.29. The van der Waals surface area contributed by atoms with Gasteiger partial charge in [0.05, 0.1) is 28.8 Å². The van der Waals surface area contributed by atoms with E-state index in [2.05, 4.69) is 5.32 Å². The van der Waals surface area contributed by atoms with Crippen molar-refractivity contribution in [1.29, 1.82) is 5.26 Å². The topological polar surface area (TPSA) is 150 Å². The molecule has 11 nitrogen and oxygen atoms in total. The molecule has 0 spiro atoms. The summed E-state index contributed by atoms with van der Waals surface area (Å²) in [5.74, 6) is -1.03. The summed E-state index contributed by atoms with van der Waals surface area (Å²) in [7, 11) is 0. The summed E-state index contributed by atoms with van der Waals surface area (Å²) in [6.07, 6.45) is -2.17. The van der Waals surface area contributed by atoms with Crippen molar-refractivity contribution in [2.75, 3.05) is 6.61 Å². The van der Waals surface area contributed by atoms with Crippen molar-refractivity contribution in [3.63, 3.8) is 0 Å². The molecule has 2 aromatic carbocycles. The Morgan fingerprint density at radius 2 is 1.68 bits per heavy atom. The van der Waals surface area contributed by atoms with Crippen molar-refractivity contribution in [2.24, 2.45) is 0 Å². The Kier molecular flexibility index (Phi) is 9.07. The monoisotopic (exact) mass is 527 g/mol. The molecule has 0 fully saturated rings. The van der Waals surface area contributed by atoms with E-state index < -0.39 is 23.2 Å². The zero-order valence-electron chi connectivity index (χ0n) is 19.9. The Labute approximate surface area is 217 Å². The zero-order chi connectivity index (χ0) is 26.9. The lowest BCUT2D eigenvalue weighted by Gasteiger charge is -2.30. The summed E-state index contributed by atoms with van der Waals surface area (Å²) in [5, 5.41) is 23.5. The first-order valence-corrected chi connectivity index (χ1v) is 11.3. The summed E-state index contributed by atoms with van der Waals surface area (Å²) in [5.41, 5.74) is 1.54. The molecular formula is C25H22ClN3O8.